The Labute approximate surface area is 73.4 Å². The molecule has 0 amide bonds. The summed E-state index contributed by atoms with van der Waals surface area (Å²) < 4.78 is 0. The van der Waals surface area contributed by atoms with Crippen LogP contribution in [-0.4, -0.2) is 5.37 Å². The third-order valence-corrected chi connectivity index (χ3v) is 1.37. The molecule has 0 aromatic carbocycles. The van der Waals surface area contributed by atoms with E-state index in [1.54, 1.807) is 12.2 Å². The minimum atomic E-state index is -0.260. The number of hydrogen-bond donors (Lipinski definition) is 2. The normalized spacial score (nSPS) is 14.9. The first kappa shape index (κ1) is 10.3. The maximum absolute atomic E-state index is 5.53. The average molecular weight is 167 g/mol. The first-order valence-electron chi connectivity index (χ1n) is 3.27. The molecule has 1 unspecified atom stereocenters. The Morgan fingerprint density at radius 2 is 2.00 bits per heavy atom. The van der Waals surface area contributed by atoms with Gasteiger partial charge in [-0.05, 0) is 5.57 Å². The van der Waals surface area contributed by atoms with Crippen molar-refractivity contribution in [3.05, 3.63) is 49.1 Å². The predicted octanol–water partition coefficient (Wildman–Crippen LogP) is 2.06. The van der Waals surface area contributed by atoms with Crippen LogP contribution in [0.15, 0.2) is 49.1 Å². The third-order valence-electron chi connectivity index (χ3n) is 1.08. The lowest BCUT2D eigenvalue weighted by atomic mass is 10.2. The van der Waals surface area contributed by atoms with Gasteiger partial charge in [0.05, 0.1) is 5.37 Å². The van der Waals surface area contributed by atoms with Gasteiger partial charge in [0.1, 0.15) is 0 Å². The molecule has 0 aromatic rings. The van der Waals surface area contributed by atoms with Crippen molar-refractivity contribution in [2.45, 2.75) is 5.37 Å². The van der Waals surface area contributed by atoms with Crippen LogP contribution < -0.4 is 5.73 Å². The Morgan fingerprint density at radius 3 is 2.36 bits per heavy atom. The van der Waals surface area contributed by atoms with Crippen LogP contribution in [0.1, 0.15) is 0 Å². The van der Waals surface area contributed by atoms with Crippen LogP contribution in [0.5, 0.6) is 0 Å². The Morgan fingerprint density at radius 1 is 1.36 bits per heavy atom. The number of thiol groups is 1. The highest BCUT2D eigenvalue weighted by atomic mass is 32.1. The van der Waals surface area contributed by atoms with Crippen molar-refractivity contribution in [1.29, 1.82) is 0 Å². The van der Waals surface area contributed by atoms with E-state index in [-0.39, 0.29) is 5.37 Å². The van der Waals surface area contributed by atoms with E-state index >= 15 is 0 Å². The van der Waals surface area contributed by atoms with Crippen molar-refractivity contribution in [3.63, 3.8) is 0 Å². The maximum Gasteiger partial charge on any atom is 0.0734 e. The van der Waals surface area contributed by atoms with E-state index < -0.39 is 0 Å². The Hall–Kier alpha value is -0.730. The van der Waals surface area contributed by atoms with E-state index in [4.69, 9.17) is 5.73 Å². The molecule has 60 valence electrons. The molecule has 2 heteroatoms. The van der Waals surface area contributed by atoms with Crippen LogP contribution in [0.4, 0.5) is 0 Å². The van der Waals surface area contributed by atoms with E-state index in [0.717, 1.165) is 5.57 Å². The number of hydrogen-bond acceptors (Lipinski definition) is 2. The first-order valence-corrected chi connectivity index (χ1v) is 3.79. The van der Waals surface area contributed by atoms with Gasteiger partial charge in [0, 0.05) is 0 Å². The molecule has 0 aliphatic heterocycles. The summed E-state index contributed by atoms with van der Waals surface area (Å²) in [6.45, 7) is 7.11. The fraction of sp³-hybridized carbons (Fsp3) is 0.111. The Kier molecular flexibility index (Phi) is 5.61. The van der Waals surface area contributed by atoms with Gasteiger partial charge in [-0.3, -0.25) is 0 Å². The van der Waals surface area contributed by atoms with Gasteiger partial charge in [-0.2, -0.15) is 12.6 Å². The fourth-order valence-electron chi connectivity index (χ4n) is 0.568. The summed E-state index contributed by atoms with van der Waals surface area (Å²) in [5.74, 6) is 0. The molecule has 0 radical (unpaired) electrons. The second kappa shape index (κ2) is 6.01. The van der Waals surface area contributed by atoms with Crippen molar-refractivity contribution in [2.24, 2.45) is 5.73 Å². The molecule has 0 aliphatic carbocycles. The van der Waals surface area contributed by atoms with Gasteiger partial charge < -0.3 is 5.73 Å². The van der Waals surface area contributed by atoms with Crippen molar-refractivity contribution >= 4 is 12.6 Å². The van der Waals surface area contributed by atoms with Gasteiger partial charge in [-0.1, -0.05) is 43.5 Å². The molecule has 0 saturated heterocycles. The topological polar surface area (TPSA) is 26.0 Å². The van der Waals surface area contributed by atoms with Crippen LogP contribution >= 0.6 is 12.6 Å². The monoisotopic (exact) mass is 167 g/mol. The summed E-state index contributed by atoms with van der Waals surface area (Å²) in [6, 6.07) is 0. The van der Waals surface area contributed by atoms with Crippen molar-refractivity contribution in [1.82, 2.24) is 0 Å². The van der Waals surface area contributed by atoms with Gasteiger partial charge >= 0.3 is 0 Å². The molecule has 0 saturated carbocycles. The molecule has 0 heterocycles. The molecular weight excluding hydrogens is 154 g/mol. The van der Waals surface area contributed by atoms with Gasteiger partial charge in [-0.25, -0.2) is 0 Å². The maximum atomic E-state index is 5.53. The average Bonchev–Trinajstić information content (AvgIpc) is 1.97. The second-order valence-electron chi connectivity index (χ2n) is 1.94. The largest absolute Gasteiger partial charge is 0.316 e. The highest BCUT2D eigenvalue weighted by molar-refractivity contribution is 7.81. The lowest BCUT2D eigenvalue weighted by molar-refractivity contribution is 1.11. The minimum absolute atomic E-state index is 0.260. The number of rotatable bonds is 4. The summed E-state index contributed by atoms with van der Waals surface area (Å²) in [7, 11) is 0. The van der Waals surface area contributed by atoms with E-state index in [9.17, 15) is 0 Å². The van der Waals surface area contributed by atoms with Crippen LogP contribution in [0.25, 0.3) is 0 Å². The summed E-state index contributed by atoms with van der Waals surface area (Å²) in [6.07, 6.45) is 8.85. The lowest BCUT2D eigenvalue weighted by Gasteiger charge is -2.03. The quantitative estimate of drug-likeness (QED) is 0.374. The summed E-state index contributed by atoms with van der Waals surface area (Å²) in [5.41, 5.74) is 6.45. The van der Waals surface area contributed by atoms with E-state index in [2.05, 4.69) is 25.8 Å². The van der Waals surface area contributed by atoms with Crippen LogP contribution in [0.2, 0.25) is 0 Å². The van der Waals surface area contributed by atoms with Crippen LogP contribution in [0.3, 0.4) is 0 Å². The smallest absolute Gasteiger partial charge is 0.0734 e. The Balaban J connectivity index is 4.34. The molecule has 0 aliphatic rings. The zero-order chi connectivity index (χ0) is 8.69. The van der Waals surface area contributed by atoms with Crippen molar-refractivity contribution < 1.29 is 0 Å². The third kappa shape index (κ3) is 4.65. The highest BCUT2D eigenvalue weighted by Crippen LogP contribution is 2.05. The molecule has 0 fully saturated rings. The van der Waals surface area contributed by atoms with Gasteiger partial charge in [0.2, 0.25) is 0 Å². The van der Waals surface area contributed by atoms with Crippen LogP contribution in [0, 0.1) is 0 Å². The van der Waals surface area contributed by atoms with Crippen molar-refractivity contribution in [3.8, 4) is 0 Å². The predicted molar refractivity (Wildman–Crippen MR) is 54.6 cm³/mol. The van der Waals surface area contributed by atoms with Gasteiger partial charge in [0.15, 0.2) is 0 Å². The number of nitrogens with two attached hydrogens (primary N) is 1. The zero-order valence-corrected chi connectivity index (χ0v) is 7.30. The molecule has 1 nitrogen and oxygen atoms in total. The molecule has 0 aromatic heterocycles. The Bertz CT molecular complexity index is 190. The SMILES string of the molecule is C=C/C=C\C(=C/C=C)C(N)S. The molecule has 0 spiro atoms. The lowest BCUT2D eigenvalue weighted by Crippen LogP contribution is -2.13. The molecule has 0 bridgehead atoms. The standard InChI is InChI=1S/C9H13NS/c1-3-5-7-8(6-4-2)9(10)11/h3-7,9,11H,1-2,10H2/b7-5-,8-6+. The minimum Gasteiger partial charge on any atom is -0.316 e. The molecule has 0 rings (SSSR count). The second-order valence-corrected chi connectivity index (χ2v) is 2.50. The summed E-state index contributed by atoms with van der Waals surface area (Å²) in [5, 5.41) is -0.260. The fourth-order valence-corrected chi connectivity index (χ4v) is 0.740. The number of allylic oxidation sites excluding steroid dienone is 4. The summed E-state index contributed by atoms with van der Waals surface area (Å²) >= 11 is 4.08. The highest BCUT2D eigenvalue weighted by Gasteiger charge is 1.96. The summed E-state index contributed by atoms with van der Waals surface area (Å²) in [4.78, 5) is 0. The molecule has 11 heavy (non-hydrogen) atoms. The van der Waals surface area contributed by atoms with Crippen molar-refractivity contribution in [2.75, 3.05) is 0 Å². The molecule has 1 atom stereocenters. The molecule has 2 N–H and O–H groups in total. The molecular formula is C9H13NS. The first-order chi connectivity index (χ1) is 5.22. The van der Waals surface area contributed by atoms with Gasteiger partial charge in [-0.15, -0.1) is 0 Å². The zero-order valence-electron chi connectivity index (χ0n) is 6.40. The van der Waals surface area contributed by atoms with E-state index in [0.29, 0.717) is 0 Å². The van der Waals surface area contributed by atoms with Crippen LogP contribution in [-0.2, 0) is 0 Å². The van der Waals surface area contributed by atoms with E-state index in [1.165, 1.54) is 0 Å². The van der Waals surface area contributed by atoms with E-state index in [1.807, 2.05) is 18.2 Å². The van der Waals surface area contributed by atoms with Gasteiger partial charge in [0.25, 0.3) is 0 Å².